The first-order valence-corrected chi connectivity index (χ1v) is 15.0. The second kappa shape index (κ2) is 19.0. The summed E-state index contributed by atoms with van der Waals surface area (Å²) in [5, 5.41) is 22.4. The standard InChI is InChI=1S/C31H48N6O8/c1-17(2)14-23(36-28(41)22(34-20(6)38)12-13-26(32)39)29(42)33-19(5)27(40)35-24(15-18(3)4)30(43)37-25(31(44)45)16-21-10-8-7-9-11-21/h7-11,17-19,22-25H,12-16H2,1-6H3,(H2,32,39)(H,33,42)(H,34,38)(H,35,40)(H,36,41)(H,37,43)(H,44,45)/t19-,22-,23-,24-,25-/m0/s1. The fourth-order valence-electron chi connectivity index (χ4n) is 4.48. The molecule has 1 aromatic rings. The second-order valence-corrected chi connectivity index (χ2v) is 12.0. The summed E-state index contributed by atoms with van der Waals surface area (Å²) in [4.78, 5) is 87.2. The number of primary amides is 1. The number of carboxylic acid groups (broad SMARTS) is 1. The average Bonchev–Trinajstić information content (AvgIpc) is 2.93. The Hall–Kier alpha value is -4.49. The van der Waals surface area contributed by atoms with Gasteiger partial charge in [0.05, 0.1) is 0 Å². The number of aliphatic carboxylic acids is 1. The lowest BCUT2D eigenvalue weighted by molar-refractivity contribution is -0.142. The van der Waals surface area contributed by atoms with Gasteiger partial charge in [-0.1, -0.05) is 58.0 Å². The van der Waals surface area contributed by atoms with Crippen LogP contribution in [0.2, 0.25) is 0 Å². The highest BCUT2D eigenvalue weighted by atomic mass is 16.4. The van der Waals surface area contributed by atoms with Crippen molar-refractivity contribution in [2.24, 2.45) is 17.6 Å². The predicted molar refractivity (Wildman–Crippen MR) is 166 cm³/mol. The first-order valence-electron chi connectivity index (χ1n) is 15.0. The molecule has 14 nitrogen and oxygen atoms in total. The topological polar surface area (TPSA) is 226 Å². The van der Waals surface area contributed by atoms with E-state index in [9.17, 15) is 38.7 Å². The fourth-order valence-corrected chi connectivity index (χ4v) is 4.48. The molecule has 0 bridgehead atoms. The molecular weight excluding hydrogens is 584 g/mol. The maximum absolute atomic E-state index is 13.2. The van der Waals surface area contributed by atoms with Gasteiger partial charge in [-0.25, -0.2) is 4.79 Å². The monoisotopic (exact) mass is 632 g/mol. The van der Waals surface area contributed by atoms with Crippen molar-refractivity contribution in [1.82, 2.24) is 26.6 Å². The molecular formula is C31H48N6O8. The van der Waals surface area contributed by atoms with E-state index in [-0.39, 0.29) is 43.9 Å². The van der Waals surface area contributed by atoms with Crippen molar-refractivity contribution in [3.8, 4) is 0 Å². The van der Waals surface area contributed by atoms with Gasteiger partial charge in [0.1, 0.15) is 30.2 Å². The highest BCUT2D eigenvalue weighted by molar-refractivity contribution is 5.96. The molecule has 14 heteroatoms. The van der Waals surface area contributed by atoms with Gasteiger partial charge in [0, 0.05) is 19.8 Å². The molecule has 0 spiro atoms. The summed E-state index contributed by atoms with van der Waals surface area (Å²) in [6.45, 7) is 9.96. The van der Waals surface area contributed by atoms with Crippen LogP contribution in [0.15, 0.2) is 30.3 Å². The number of carbonyl (C=O) groups is 7. The molecule has 250 valence electrons. The van der Waals surface area contributed by atoms with Crippen LogP contribution in [0, 0.1) is 11.8 Å². The van der Waals surface area contributed by atoms with Crippen molar-refractivity contribution in [2.75, 3.05) is 0 Å². The fraction of sp³-hybridized carbons (Fsp3) is 0.581. The molecule has 0 radical (unpaired) electrons. The summed E-state index contributed by atoms with van der Waals surface area (Å²) in [6.07, 6.45) is 0.220. The largest absolute Gasteiger partial charge is 0.480 e. The molecule has 1 rings (SSSR count). The number of nitrogens with one attached hydrogen (secondary N) is 5. The lowest BCUT2D eigenvalue weighted by Crippen LogP contribution is -2.58. The van der Waals surface area contributed by atoms with Crippen molar-refractivity contribution in [3.05, 3.63) is 35.9 Å². The van der Waals surface area contributed by atoms with Crippen LogP contribution in [0.4, 0.5) is 0 Å². The SMILES string of the molecule is CC(=O)N[C@@H](CCC(N)=O)C(=O)N[C@@H](CC(C)C)C(=O)N[C@@H](C)C(=O)N[C@@H](CC(C)C)C(=O)N[C@@H](Cc1ccccc1)C(=O)O. The second-order valence-electron chi connectivity index (χ2n) is 12.0. The van der Waals surface area contributed by atoms with Crippen LogP contribution in [0.3, 0.4) is 0 Å². The Labute approximate surface area is 264 Å². The van der Waals surface area contributed by atoms with Gasteiger partial charge in [-0.2, -0.15) is 0 Å². The lowest BCUT2D eigenvalue weighted by atomic mass is 10.0. The van der Waals surface area contributed by atoms with Crippen LogP contribution < -0.4 is 32.3 Å². The number of amides is 6. The van der Waals surface area contributed by atoms with Gasteiger partial charge in [0.2, 0.25) is 35.4 Å². The summed E-state index contributed by atoms with van der Waals surface area (Å²) in [5.74, 6) is -5.21. The number of nitrogens with two attached hydrogens (primary N) is 1. The number of carbonyl (C=O) groups excluding carboxylic acids is 6. The third kappa shape index (κ3) is 15.2. The molecule has 0 aliphatic carbocycles. The molecule has 0 fully saturated rings. The Kier molecular flexibility index (Phi) is 16.3. The van der Waals surface area contributed by atoms with Gasteiger partial charge in [-0.05, 0) is 43.6 Å². The van der Waals surface area contributed by atoms with Crippen molar-refractivity contribution in [1.29, 1.82) is 0 Å². The van der Waals surface area contributed by atoms with E-state index in [0.717, 1.165) is 0 Å². The smallest absolute Gasteiger partial charge is 0.326 e. The molecule has 1 aromatic carbocycles. The molecule has 0 unspecified atom stereocenters. The Morgan fingerprint density at radius 2 is 1.13 bits per heavy atom. The van der Waals surface area contributed by atoms with E-state index in [1.165, 1.54) is 13.8 Å². The number of hydrogen-bond acceptors (Lipinski definition) is 7. The molecule has 0 aliphatic rings. The zero-order valence-corrected chi connectivity index (χ0v) is 26.8. The van der Waals surface area contributed by atoms with Gasteiger partial charge < -0.3 is 37.4 Å². The molecule has 0 aromatic heterocycles. The first kappa shape index (κ1) is 38.5. The van der Waals surface area contributed by atoms with Crippen molar-refractivity contribution in [3.63, 3.8) is 0 Å². The number of hydrogen-bond donors (Lipinski definition) is 7. The van der Waals surface area contributed by atoms with E-state index in [0.29, 0.717) is 5.56 Å². The van der Waals surface area contributed by atoms with E-state index >= 15 is 0 Å². The van der Waals surface area contributed by atoms with Crippen LogP contribution in [0.1, 0.15) is 72.8 Å². The van der Waals surface area contributed by atoms with Gasteiger partial charge in [-0.15, -0.1) is 0 Å². The van der Waals surface area contributed by atoms with Crippen molar-refractivity contribution in [2.45, 2.75) is 104 Å². The average molecular weight is 633 g/mol. The van der Waals surface area contributed by atoms with Crippen LogP contribution in [-0.2, 0) is 40.0 Å². The zero-order valence-electron chi connectivity index (χ0n) is 26.8. The van der Waals surface area contributed by atoms with Crippen LogP contribution in [0.5, 0.6) is 0 Å². The van der Waals surface area contributed by atoms with Crippen LogP contribution in [-0.4, -0.2) is 76.7 Å². The third-order valence-corrected chi connectivity index (χ3v) is 6.70. The highest BCUT2D eigenvalue weighted by Crippen LogP contribution is 2.10. The Morgan fingerprint density at radius 1 is 0.667 bits per heavy atom. The van der Waals surface area contributed by atoms with Gasteiger partial charge in [0.15, 0.2) is 0 Å². The zero-order chi connectivity index (χ0) is 34.3. The maximum Gasteiger partial charge on any atom is 0.326 e. The minimum absolute atomic E-state index is 0.0416. The number of rotatable bonds is 19. The molecule has 6 amide bonds. The summed E-state index contributed by atoms with van der Waals surface area (Å²) >= 11 is 0. The van der Waals surface area contributed by atoms with Gasteiger partial charge in [0.25, 0.3) is 0 Å². The van der Waals surface area contributed by atoms with Gasteiger partial charge >= 0.3 is 5.97 Å². The molecule has 0 saturated heterocycles. The lowest BCUT2D eigenvalue weighted by Gasteiger charge is -2.26. The first-order chi connectivity index (χ1) is 21.0. The minimum atomic E-state index is -1.23. The Bertz CT molecular complexity index is 1190. The quantitative estimate of drug-likeness (QED) is 0.111. The summed E-state index contributed by atoms with van der Waals surface area (Å²) < 4.78 is 0. The summed E-state index contributed by atoms with van der Waals surface area (Å²) in [6, 6.07) is 3.18. The molecule has 5 atom stereocenters. The van der Waals surface area contributed by atoms with Gasteiger partial charge in [-0.3, -0.25) is 28.8 Å². The van der Waals surface area contributed by atoms with Crippen molar-refractivity contribution < 1.29 is 38.7 Å². The van der Waals surface area contributed by atoms with E-state index in [2.05, 4.69) is 26.6 Å². The predicted octanol–water partition coefficient (Wildman–Crippen LogP) is 0.135. The molecule has 0 aliphatic heterocycles. The molecule has 0 heterocycles. The van der Waals surface area contributed by atoms with Crippen molar-refractivity contribution >= 4 is 41.4 Å². The Morgan fingerprint density at radius 3 is 1.60 bits per heavy atom. The van der Waals surface area contributed by atoms with Crippen LogP contribution in [0.25, 0.3) is 0 Å². The maximum atomic E-state index is 13.2. The minimum Gasteiger partial charge on any atom is -0.480 e. The molecule has 0 saturated carbocycles. The van der Waals surface area contributed by atoms with E-state index in [1.807, 2.05) is 27.7 Å². The third-order valence-electron chi connectivity index (χ3n) is 6.70. The number of benzene rings is 1. The highest BCUT2D eigenvalue weighted by Gasteiger charge is 2.31. The summed E-state index contributed by atoms with van der Waals surface area (Å²) in [5.41, 5.74) is 5.89. The molecule has 8 N–H and O–H groups in total. The molecule has 45 heavy (non-hydrogen) atoms. The van der Waals surface area contributed by atoms with E-state index in [1.54, 1.807) is 30.3 Å². The number of carboxylic acids is 1. The summed E-state index contributed by atoms with van der Waals surface area (Å²) in [7, 11) is 0. The van der Waals surface area contributed by atoms with E-state index < -0.39 is 71.6 Å². The van der Waals surface area contributed by atoms with E-state index in [4.69, 9.17) is 5.73 Å². The normalized spacial score (nSPS) is 14.3. The Balaban J connectivity index is 2.99. The van der Waals surface area contributed by atoms with Crippen LogP contribution >= 0.6 is 0 Å².